The minimum Gasteiger partial charge on any atom is -0.204 e. The van der Waals surface area contributed by atoms with Gasteiger partial charge in [0, 0.05) is 0 Å². The van der Waals surface area contributed by atoms with Crippen LogP contribution in [0.1, 0.15) is 5.56 Å². The third-order valence-corrected chi connectivity index (χ3v) is 2.14. The number of rotatable bonds is 0. The first-order valence-corrected chi connectivity index (χ1v) is 4.03. The van der Waals surface area contributed by atoms with E-state index in [0.29, 0.717) is 0 Å². The average molecular weight is 178 g/mol. The molecule has 0 aromatic heterocycles. The molecule has 2 aromatic carbocycles. The molecule has 0 radical (unpaired) electrons. The molecule has 0 unspecified atom stereocenters. The normalized spacial score (nSPS) is 10.7. The summed E-state index contributed by atoms with van der Waals surface area (Å²) < 4.78 is 25.7. The van der Waals surface area contributed by atoms with Crippen LogP contribution in [-0.2, 0) is 0 Å². The van der Waals surface area contributed by atoms with E-state index in [1.807, 2.05) is 19.1 Å². The minimum absolute atomic E-state index is 0.735. The lowest BCUT2D eigenvalue weighted by molar-refractivity contribution is 0.511. The number of hydrogen-bond acceptors (Lipinski definition) is 0. The van der Waals surface area contributed by atoms with Crippen LogP contribution in [0.3, 0.4) is 0 Å². The van der Waals surface area contributed by atoms with Crippen molar-refractivity contribution in [3.05, 3.63) is 47.5 Å². The van der Waals surface area contributed by atoms with Gasteiger partial charge in [0.15, 0.2) is 11.6 Å². The maximum Gasteiger partial charge on any atom is 0.159 e. The molecule has 0 amide bonds. The summed E-state index contributed by atoms with van der Waals surface area (Å²) in [5.74, 6) is -1.58. The lowest BCUT2D eigenvalue weighted by Crippen LogP contribution is -1.85. The van der Waals surface area contributed by atoms with Crippen LogP contribution >= 0.6 is 0 Å². The van der Waals surface area contributed by atoms with Crippen LogP contribution in [-0.4, -0.2) is 0 Å². The van der Waals surface area contributed by atoms with Gasteiger partial charge in [0.05, 0.1) is 0 Å². The largest absolute Gasteiger partial charge is 0.204 e. The second-order valence-corrected chi connectivity index (χ2v) is 3.06. The summed E-state index contributed by atoms with van der Waals surface area (Å²) in [5.41, 5.74) is 0.955. The van der Waals surface area contributed by atoms with Crippen LogP contribution in [0.2, 0.25) is 0 Å². The van der Waals surface area contributed by atoms with Crippen LogP contribution in [0.15, 0.2) is 30.3 Å². The van der Waals surface area contributed by atoms with E-state index in [1.165, 1.54) is 12.1 Å². The van der Waals surface area contributed by atoms with Crippen LogP contribution in [0.5, 0.6) is 0 Å². The zero-order valence-electron chi connectivity index (χ0n) is 7.14. The van der Waals surface area contributed by atoms with E-state index < -0.39 is 11.6 Å². The van der Waals surface area contributed by atoms with Crippen LogP contribution < -0.4 is 0 Å². The average Bonchev–Trinajstić information content (AvgIpc) is 2.09. The summed E-state index contributed by atoms with van der Waals surface area (Å²) in [6, 6.07) is 7.93. The van der Waals surface area contributed by atoms with Gasteiger partial charge in [0.1, 0.15) is 0 Å². The number of halogens is 2. The number of fused-ring (bicyclic) bond motifs is 1. The molecule has 0 fully saturated rings. The predicted octanol–water partition coefficient (Wildman–Crippen LogP) is 3.43. The van der Waals surface area contributed by atoms with Gasteiger partial charge in [-0.15, -0.1) is 0 Å². The van der Waals surface area contributed by atoms with E-state index in [9.17, 15) is 8.78 Å². The van der Waals surface area contributed by atoms with Gasteiger partial charge in [-0.1, -0.05) is 18.2 Å². The fraction of sp³-hybridized carbons (Fsp3) is 0.0909. The van der Waals surface area contributed by atoms with E-state index in [4.69, 9.17) is 0 Å². The van der Waals surface area contributed by atoms with Gasteiger partial charge in [-0.05, 0) is 35.4 Å². The predicted molar refractivity (Wildman–Crippen MR) is 48.6 cm³/mol. The van der Waals surface area contributed by atoms with E-state index in [0.717, 1.165) is 16.3 Å². The Kier molecular flexibility index (Phi) is 1.76. The van der Waals surface area contributed by atoms with Crippen LogP contribution in [0.4, 0.5) is 8.78 Å². The first-order valence-electron chi connectivity index (χ1n) is 4.03. The van der Waals surface area contributed by atoms with Gasteiger partial charge in [-0.3, -0.25) is 0 Å². The highest BCUT2D eigenvalue weighted by Gasteiger charge is 2.04. The number of hydrogen-bond donors (Lipinski definition) is 0. The standard InChI is InChI=1S/C11H8F2/c1-7-3-2-4-8-5-10(12)11(13)6-9(7)8/h2-6H,1H3. The highest BCUT2D eigenvalue weighted by atomic mass is 19.2. The zero-order valence-corrected chi connectivity index (χ0v) is 7.14. The summed E-state index contributed by atoms with van der Waals surface area (Å²) in [5, 5.41) is 1.50. The van der Waals surface area contributed by atoms with Crippen LogP contribution in [0.25, 0.3) is 10.8 Å². The molecule has 0 aliphatic heterocycles. The quantitative estimate of drug-likeness (QED) is 0.579. The Hall–Kier alpha value is -1.44. The summed E-state index contributed by atoms with van der Waals surface area (Å²) in [6.07, 6.45) is 0. The molecule has 2 aromatic rings. The fourth-order valence-electron chi connectivity index (χ4n) is 1.43. The summed E-state index contributed by atoms with van der Waals surface area (Å²) >= 11 is 0. The SMILES string of the molecule is Cc1cccc2cc(F)c(F)cc12. The van der Waals surface area contributed by atoms with Crippen LogP contribution in [0, 0.1) is 18.6 Å². The first kappa shape index (κ1) is 8.17. The molecule has 0 nitrogen and oxygen atoms in total. The Labute approximate surface area is 74.8 Å². The maximum absolute atomic E-state index is 12.9. The Balaban J connectivity index is 2.89. The Morgan fingerprint density at radius 2 is 1.69 bits per heavy atom. The van der Waals surface area contributed by atoms with E-state index in [1.54, 1.807) is 6.07 Å². The fourth-order valence-corrected chi connectivity index (χ4v) is 1.43. The topological polar surface area (TPSA) is 0 Å². The molecule has 2 heteroatoms. The van der Waals surface area contributed by atoms with Gasteiger partial charge in [0.25, 0.3) is 0 Å². The van der Waals surface area contributed by atoms with Crippen molar-refractivity contribution >= 4 is 10.8 Å². The molecule has 0 aliphatic rings. The molecule has 0 atom stereocenters. The molecule has 0 saturated heterocycles. The molecule has 13 heavy (non-hydrogen) atoms. The summed E-state index contributed by atoms with van der Waals surface area (Å²) in [4.78, 5) is 0. The molecule has 0 saturated carbocycles. The van der Waals surface area contributed by atoms with E-state index in [2.05, 4.69) is 0 Å². The Bertz CT molecular complexity index is 461. The third-order valence-electron chi connectivity index (χ3n) is 2.14. The third kappa shape index (κ3) is 1.28. The zero-order chi connectivity index (χ0) is 9.42. The highest BCUT2D eigenvalue weighted by molar-refractivity contribution is 5.85. The Morgan fingerprint density at radius 3 is 2.46 bits per heavy atom. The smallest absolute Gasteiger partial charge is 0.159 e. The van der Waals surface area contributed by atoms with Crippen molar-refractivity contribution in [3.63, 3.8) is 0 Å². The molecular formula is C11H8F2. The second kappa shape index (κ2) is 2.80. The van der Waals surface area contributed by atoms with Gasteiger partial charge in [-0.2, -0.15) is 0 Å². The van der Waals surface area contributed by atoms with E-state index in [-0.39, 0.29) is 0 Å². The van der Waals surface area contributed by atoms with Crippen molar-refractivity contribution in [1.29, 1.82) is 0 Å². The van der Waals surface area contributed by atoms with Crippen molar-refractivity contribution < 1.29 is 8.78 Å². The second-order valence-electron chi connectivity index (χ2n) is 3.06. The molecule has 2 rings (SSSR count). The lowest BCUT2D eigenvalue weighted by atomic mass is 10.1. The van der Waals surface area contributed by atoms with Gasteiger partial charge in [-0.25, -0.2) is 8.78 Å². The molecule has 0 N–H and O–H groups in total. The highest BCUT2D eigenvalue weighted by Crippen LogP contribution is 2.21. The molecule has 0 spiro atoms. The number of benzene rings is 2. The monoisotopic (exact) mass is 178 g/mol. The molecular weight excluding hydrogens is 170 g/mol. The Morgan fingerprint density at radius 1 is 1.00 bits per heavy atom. The molecule has 0 aliphatic carbocycles. The van der Waals surface area contributed by atoms with Crippen molar-refractivity contribution in [2.45, 2.75) is 6.92 Å². The van der Waals surface area contributed by atoms with Crippen molar-refractivity contribution in [2.24, 2.45) is 0 Å². The van der Waals surface area contributed by atoms with E-state index >= 15 is 0 Å². The van der Waals surface area contributed by atoms with Gasteiger partial charge in [0.2, 0.25) is 0 Å². The minimum atomic E-state index is -0.793. The molecule has 66 valence electrons. The molecule has 0 heterocycles. The van der Waals surface area contributed by atoms with Crippen molar-refractivity contribution in [3.8, 4) is 0 Å². The maximum atomic E-state index is 12.9. The lowest BCUT2D eigenvalue weighted by Gasteiger charge is -2.01. The van der Waals surface area contributed by atoms with Crippen molar-refractivity contribution in [1.82, 2.24) is 0 Å². The summed E-state index contributed by atoms with van der Waals surface area (Å²) in [6.45, 7) is 1.87. The summed E-state index contributed by atoms with van der Waals surface area (Å²) in [7, 11) is 0. The molecule has 0 bridgehead atoms. The first-order chi connectivity index (χ1) is 6.18. The van der Waals surface area contributed by atoms with Crippen molar-refractivity contribution in [2.75, 3.05) is 0 Å². The number of aryl methyl sites for hydroxylation is 1. The van der Waals surface area contributed by atoms with Gasteiger partial charge < -0.3 is 0 Å². The van der Waals surface area contributed by atoms with Gasteiger partial charge >= 0.3 is 0 Å².